The second-order valence-electron chi connectivity index (χ2n) is 7.08. The van der Waals surface area contributed by atoms with Gasteiger partial charge >= 0.3 is 0 Å². The van der Waals surface area contributed by atoms with Crippen LogP contribution in [0.3, 0.4) is 0 Å². The van der Waals surface area contributed by atoms with Crippen molar-refractivity contribution in [2.24, 2.45) is 5.92 Å². The molecule has 0 fully saturated rings. The van der Waals surface area contributed by atoms with Crippen LogP contribution in [0.4, 0.5) is 0 Å². The van der Waals surface area contributed by atoms with Gasteiger partial charge in [0.1, 0.15) is 11.3 Å². The minimum Gasteiger partial charge on any atom is -0.245 e. The summed E-state index contributed by atoms with van der Waals surface area (Å²) in [7, 11) is 0. The third kappa shape index (κ3) is 3.25. The maximum absolute atomic E-state index is 4.70. The Kier molecular flexibility index (Phi) is 4.74. The van der Waals surface area contributed by atoms with Crippen molar-refractivity contribution in [1.29, 1.82) is 0 Å². The van der Waals surface area contributed by atoms with Crippen LogP contribution in [-0.2, 0) is 6.42 Å². The zero-order chi connectivity index (χ0) is 19.0. The summed E-state index contributed by atoms with van der Waals surface area (Å²) in [6.07, 6.45) is 5.51. The van der Waals surface area contributed by atoms with E-state index in [4.69, 9.17) is 4.98 Å². The Bertz CT molecular complexity index is 1080. The van der Waals surface area contributed by atoms with Crippen molar-refractivity contribution in [3.63, 3.8) is 0 Å². The summed E-state index contributed by atoms with van der Waals surface area (Å²) < 4.78 is 1.91. The predicted molar refractivity (Wildman–Crippen MR) is 110 cm³/mol. The zero-order valence-corrected chi connectivity index (χ0v) is 16.9. The third-order valence-electron chi connectivity index (χ3n) is 5.12. The fourth-order valence-corrected chi connectivity index (χ4v) is 4.11. The summed E-state index contributed by atoms with van der Waals surface area (Å²) in [5.41, 5.74) is 6.94. The predicted octanol–water partition coefficient (Wildman–Crippen LogP) is 5.12. The standard InChI is InChI=1S/C21H23N5S/c1-5-13(2)10-18-19(15(4)25-21-23-12-24-26(18)21)17-7-6-16(11-14(17)3)20-22-8-9-27-20/h6-9,11-13H,5,10H2,1-4H3. The SMILES string of the molecule is CCC(C)Cc1c(-c2ccc(-c3nccs3)cc2C)c(C)nc2ncnn12. The lowest BCUT2D eigenvalue weighted by Crippen LogP contribution is -2.11. The van der Waals surface area contributed by atoms with Crippen LogP contribution in [-0.4, -0.2) is 24.6 Å². The number of thiazole rings is 1. The van der Waals surface area contributed by atoms with Gasteiger partial charge in [-0.15, -0.1) is 11.3 Å². The van der Waals surface area contributed by atoms with E-state index in [9.17, 15) is 0 Å². The molecule has 3 heterocycles. The third-order valence-corrected chi connectivity index (χ3v) is 5.94. The molecule has 4 rings (SSSR count). The molecule has 1 aromatic carbocycles. The van der Waals surface area contributed by atoms with Gasteiger partial charge in [0.25, 0.3) is 5.78 Å². The van der Waals surface area contributed by atoms with Crippen LogP contribution in [0.5, 0.6) is 0 Å². The fourth-order valence-electron chi connectivity index (χ4n) is 3.48. The van der Waals surface area contributed by atoms with E-state index in [1.165, 1.54) is 22.4 Å². The first-order valence-electron chi connectivity index (χ1n) is 9.28. The molecule has 138 valence electrons. The Morgan fingerprint density at radius 2 is 2.04 bits per heavy atom. The van der Waals surface area contributed by atoms with Crippen LogP contribution in [0.2, 0.25) is 0 Å². The van der Waals surface area contributed by atoms with E-state index in [2.05, 4.69) is 61.0 Å². The topological polar surface area (TPSA) is 56.0 Å². The summed E-state index contributed by atoms with van der Waals surface area (Å²) in [4.78, 5) is 13.4. The average Bonchev–Trinajstić information content (AvgIpc) is 3.34. The van der Waals surface area contributed by atoms with E-state index in [1.54, 1.807) is 17.7 Å². The van der Waals surface area contributed by atoms with Crippen LogP contribution < -0.4 is 0 Å². The highest BCUT2D eigenvalue weighted by Gasteiger charge is 2.19. The van der Waals surface area contributed by atoms with Crippen molar-refractivity contribution in [2.75, 3.05) is 0 Å². The molecule has 6 heteroatoms. The fraction of sp³-hybridized carbons (Fsp3) is 0.333. The van der Waals surface area contributed by atoms with Gasteiger partial charge in [0.2, 0.25) is 0 Å². The highest BCUT2D eigenvalue weighted by atomic mass is 32.1. The molecule has 0 aliphatic heterocycles. The molecule has 0 bridgehead atoms. The van der Waals surface area contributed by atoms with Gasteiger partial charge < -0.3 is 0 Å². The molecule has 0 radical (unpaired) electrons. The molecular formula is C21H23N5S. The van der Waals surface area contributed by atoms with Crippen molar-refractivity contribution >= 4 is 17.1 Å². The number of nitrogens with zero attached hydrogens (tertiary/aromatic N) is 5. The largest absolute Gasteiger partial charge is 0.252 e. The van der Waals surface area contributed by atoms with Gasteiger partial charge in [0.15, 0.2) is 0 Å². The van der Waals surface area contributed by atoms with Crippen molar-refractivity contribution in [3.8, 4) is 21.7 Å². The molecule has 27 heavy (non-hydrogen) atoms. The summed E-state index contributed by atoms with van der Waals surface area (Å²) in [5, 5.41) is 7.51. The second-order valence-corrected chi connectivity index (χ2v) is 7.97. The van der Waals surface area contributed by atoms with Gasteiger partial charge in [-0.2, -0.15) is 10.1 Å². The first kappa shape index (κ1) is 17.8. The lowest BCUT2D eigenvalue weighted by atomic mass is 9.92. The first-order valence-corrected chi connectivity index (χ1v) is 10.2. The van der Waals surface area contributed by atoms with Gasteiger partial charge in [0.05, 0.1) is 11.4 Å². The Hall–Kier alpha value is -2.60. The van der Waals surface area contributed by atoms with Gasteiger partial charge in [0, 0.05) is 22.7 Å². The van der Waals surface area contributed by atoms with Crippen molar-refractivity contribution in [3.05, 3.63) is 53.1 Å². The van der Waals surface area contributed by atoms with Gasteiger partial charge in [-0.05, 0) is 43.4 Å². The Balaban J connectivity index is 1.90. The lowest BCUT2D eigenvalue weighted by molar-refractivity contribution is 0.544. The Morgan fingerprint density at radius 3 is 2.74 bits per heavy atom. The summed E-state index contributed by atoms with van der Waals surface area (Å²) in [6.45, 7) is 8.73. The molecule has 0 aliphatic rings. The second kappa shape index (κ2) is 7.19. The van der Waals surface area contributed by atoms with Crippen LogP contribution in [0.25, 0.3) is 27.5 Å². The normalized spacial score (nSPS) is 12.6. The Morgan fingerprint density at radius 1 is 1.19 bits per heavy atom. The highest BCUT2D eigenvalue weighted by Crippen LogP contribution is 2.34. The molecule has 0 saturated heterocycles. The van der Waals surface area contributed by atoms with Crippen LogP contribution in [0.15, 0.2) is 36.1 Å². The van der Waals surface area contributed by atoms with Crippen molar-refractivity contribution in [1.82, 2.24) is 24.6 Å². The van der Waals surface area contributed by atoms with E-state index in [1.807, 2.05) is 16.1 Å². The number of rotatable bonds is 5. The number of hydrogen-bond acceptors (Lipinski definition) is 5. The summed E-state index contributed by atoms with van der Waals surface area (Å²) >= 11 is 1.66. The van der Waals surface area contributed by atoms with E-state index < -0.39 is 0 Å². The maximum Gasteiger partial charge on any atom is 0.252 e. The maximum atomic E-state index is 4.70. The lowest BCUT2D eigenvalue weighted by Gasteiger charge is -2.18. The minimum absolute atomic E-state index is 0.563. The van der Waals surface area contributed by atoms with Crippen molar-refractivity contribution < 1.29 is 0 Å². The van der Waals surface area contributed by atoms with Crippen LogP contribution in [0.1, 0.15) is 37.2 Å². The Labute approximate surface area is 163 Å². The molecule has 0 saturated carbocycles. The zero-order valence-electron chi connectivity index (χ0n) is 16.1. The van der Waals surface area contributed by atoms with Crippen LogP contribution >= 0.6 is 11.3 Å². The monoisotopic (exact) mass is 377 g/mol. The smallest absolute Gasteiger partial charge is 0.245 e. The molecule has 3 aromatic heterocycles. The molecule has 5 nitrogen and oxygen atoms in total. The van der Waals surface area contributed by atoms with E-state index in [-0.39, 0.29) is 0 Å². The first-order chi connectivity index (χ1) is 13.1. The van der Waals surface area contributed by atoms with Gasteiger partial charge in [-0.3, -0.25) is 0 Å². The minimum atomic E-state index is 0.563. The van der Waals surface area contributed by atoms with Gasteiger partial charge in [-0.1, -0.05) is 32.4 Å². The molecule has 0 amide bonds. The number of fused-ring (bicyclic) bond motifs is 1. The molecule has 0 aliphatic carbocycles. The van der Waals surface area contributed by atoms with Crippen molar-refractivity contribution in [2.45, 2.75) is 40.5 Å². The molecule has 0 spiro atoms. The molecule has 1 atom stereocenters. The van der Waals surface area contributed by atoms with E-state index in [0.717, 1.165) is 29.1 Å². The summed E-state index contributed by atoms with van der Waals surface area (Å²) in [5.74, 6) is 1.24. The highest BCUT2D eigenvalue weighted by molar-refractivity contribution is 7.13. The quantitative estimate of drug-likeness (QED) is 0.484. The number of aromatic nitrogens is 5. The molecular weight excluding hydrogens is 354 g/mol. The van der Waals surface area contributed by atoms with E-state index >= 15 is 0 Å². The molecule has 1 unspecified atom stereocenters. The van der Waals surface area contributed by atoms with E-state index in [0.29, 0.717) is 11.7 Å². The number of hydrogen-bond donors (Lipinski definition) is 0. The molecule has 0 N–H and O–H groups in total. The number of aryl methyl sites for hydroxylation is 2. The molecule has 4 aromatic rings. The average molecular weight is 378 g/mol. The number of benzene rings is 1. The summed E-state index contributed by atoms with van der Waals surface area (Å²) in [6, 6.07) is 6.56. The van der Waals surface area contributed by atoms with Gasteiger partial charge in [-0.25, -0.2) is 14.5 Å². The van der Waals surface area contributed by atoms with Crippen LogP contribution in [0, 0.1) is 19.8 Å².